The van der Waals surface area contributed by atoms with Gasteiger partial charge in [-0.05, 0) is 49.1 Å². The second-order valence-electron chi connectivity index (χ2n) is 7.06. The molecule has 1 N–H and O–H groups in total. The number of rotatable bonds is 5. The van der Waals surface area contributed by atoms with Crippen molar-refractivity contribution in [2.45, 2.75) is 40.2 Å². The standard InChI is InChI=1S/C22H25N3O2/c1-14-8-9-17(12-16(14)3)13-23-20(26)11-10-19-24-21-15(2)6-5-7-18(21)22(27)25(19)4/h5-9,12H,10-11,13H2,1-4H3,(H,23,26). The highest BCUT2D eigenvalue weighted by atomic mass is 16.1. The third kappa shape index (κ3) is 4.08. The van der Waals surface area contributed by atoms with Crippen LogP contribution >= 0.6 is 0 Å². The van der Waals surface area contributed by atoms with Crippen LogP contribution in [0.25, 0.3) is 10.9 Å². The summed E-state index contributed by atoms with van der Waals surface area (Å²) >= 11 is 0. The zero-order valence-electron chi connectivity index (χ0n) is 16.3. The predicted octanol–water partition coefficient (Wildman–Crippen LogP) is 3.11. The lowest BCUT2D eigenvalue weighted by atomic mass is 10.1. The third-order valence-electron chi connectivity index (χ3n) is 5.04. The van der Waals surface area contributed by atoms with Gasteiger partial charge >= 0.3 is 0 Å². The van der Waals surface area contributed by atoms with Gasteiger partial charge in [-0.1, -0.05) is 30.3 Å². The van der Waals surface area contributed by atoms with E-state index in [0.717, 1.165) is 11.1 Å². The molecule has 0 aliphatic carbocycles. The highest BCUT2D eigenvalue weighted by Gasteiger charge is 2.11. The summed E-state index contributed by atoms with van der Waals surface area (Å²) < 4.78 is 1.54. The Morgan fingerprint density at radius 2 is 1.85 bits per heavy atom. The Balaban J connectivity index is 1.68. The number of aromatic nitrogens is 2. The van der Waals surface area contributed by atoms with Gasteiger partial charge in [-0.2, -0.15) is 0 Å². The van der Waals surface area contributed by atoms with Crippen molar-refractivity contribution in [2.24, 2.45) is 7.05 Å². The van der Waals surface area contributed by atoms with Crippen LogP contribution in [0, 0.1) is 20.8 Å². The fourth-order valence-corrected chi connectivity index (χ4v) is 3.13. The minimum Gasteiger partial charge on any atom is -0.352 e. The maximum atomic E-state index is 12.5. The van der Waals surface area contributed by atoms with Gasteiger partial charge in [0.1, 0.15) is 5.82 Å². The minimum atomic E-state index is -0.0748. The number of amides is 1. The second kappa shape index (κ2) is 7.74. The molecule has 0 aliphatic heterocycles. The van der Waals surface area contributed by atoms with E-state index in [-0.39, 0.29) is 11.5 Å². The van der Waals surface area contributed by atoms with Crippen LogP contribution in [0.3, 0.4) is 0 Å². The number of nitrogens with zero attached hydrogens (tertiary/aromatic N) is 2. The van der Waals surface area contributed by atoms with E-state index in [1.165, 1.54) is 11.1 Å². The molecule has 3 aromatic rings. The first kappa shape index (κ1) is 18.8. The Kier molecular flexibility index (Phi) is 5.40. The monoisotopic (exact) mass is 363 g/mol. The summed E-state index contributed by atoms with van der Waals surface area (Å²) in [6, 6.07) is 11.8. The maximum Gasteiger partial charge on any atom is 0.261 e. The van der Waals surface area contributed by atoms with Gasteiger partial charge in [0.2, 0.25) is 5.91 Å². The Bertz CT molecular complexity index is 1070. The van der Waals surface area contributed by atoms with Crippen molar-refractivity contribution in [1.82, 2.24) is 14.9 Å². The van der Waals surface area contributed by atoms with Crippen LogP contribution in [0.4, 0.5) is 0 Å². The number of carbonyl (C=O) groups excluding carboxylic acids is 1. The molecule has 0 atom stereocenters. The minimum absolute atomic E-state index is 0.0487. The van der Waals surface area contributed by atoms with Crippen LogP contribution in [0.5, 0.6) is 0 Å². The zero-order chi connectivity index (χ0) is 19.6. The van der Waals surface area contributed by atoms with Crippen LogP contribution in [-0.4, -0.2) is 15.5 Å². The van der Waals surface area contributed by atoms with Crippen molar-refractivity contribution in [3.8, 4) is 0 Å². The highest BCUT2D eigenvalue weighted by Crippen LogP contribution is 2.14. The van der Waals surface area contributed by atoms with Crippen LogP contribution in [0.15, 0.2) is 41.2 Å². The second-order valence-corrected chi connectivity index (χ2v) is 7.06. The molecule has 0 fully saturated rings. The van der Waals surface area contributed by atoms with E-state index in [1.807, 2.05) is 25.1 Å². The Hall–Kier alpha value is -2.95. The van der Waals surface area contributed by atoms with E-state index in [4.69, 9.17) is 0 Å². The molecule has 2 aromatic carbocycles. The van der Waals surface area contributed by atoms with Crippen molar-refractivity contribution >= 4 is 16.8 Å². The quantitative estimate of drug-likeness (QED) is 0.758. The van der Waals surface area contributed by atoms with Gasteiger partial charge in [-0.15, -0.1) is 0 Å². The summed E-state index contributed by atoms with van der Waals surface area (Å²) in [4.78, 5) is 29.4. The average Bonchev–Trinajstić information content (AvgIpc) is 2.65. The number of carbonyl (C=O) groups is 1. The summed E-state index contributed by atoms with van der Waals surface area (Å²) in [6.07, 6.45) is 0.720. The Morgan fingerprint density at radius 3 is 2.59 bits per heavy atom. The number of nitrogens with one attached hydrogen (secondary N) is 1. The van der Waals surface area contributed by atoms with Crippen LogP contribution in [0.1, 0.15) is 34.5 Å². The largest absolute Gasteiger partial charge is 0.352 e. The van der Waals surface area contributed by atoms with E-state index in [9.17, 15) is 9.59 Å². The fraction of sp³-hybridized carbons (Fsp3) is 0.318. The molecule has 1 heterocycles. The molecule has 0 saturated heterocycles. The first-order valence-electron chi connectivity index (χ1n) is 9.15. The Labute approximate surface area is 159 Å². The normalized spacial score (nSPS) is 11.0. The number of benzene rings is 2. The van der Waals surface area contributed by atoms with Gasteiger partial charge in [0.15, 0.2) is 0 Å². The van der Waals surface area contributed by atoms with Crippen LogP contribution in [0.2, 0.25) is 0 Å². The smallest absolute Gasteiger partial charge is 0.261 e. The molecule has 5 heteroatoms. The van der Waals surface area contributed by atoms with Crippen molar-refractivity contribution in [3.63, 3.8) is 0 Å². The lowest BCUT2D eigenvalue weighted by molar-refractivity contribution is -0.121. The molecule has 3 rings (SSSR count). The summed E-state index contributed by atoms with van der Waals surface area (Å²) in [6.45, 7) is 6.58. The molecule has 140 valence electrons. The molecular formula is C22H25N3O2. The molecular weight excluding hydrogens is 338 g/mol. The molecule has 27 heavy (non-hydrogen) atoms. The van der Waals surface area contributed by atoms with Gasteiger partial charge in [0.05, 0.1) is 10.9 Å². The SMILES string of the molecule is Cc1ccc(CNC(=O)CCc2nc3c(C)cccc3c(=O)n2C)cc1C. The summed E-state index contributed by atoms with van der Waals surface area (Å²) in [5, 5.41) is 3.56. The summed E-state index contributed by atoms with van der Waals surface area (Å²) in [7, 11) is 1.71. The van der Waals surface area contributed by atoms with E-state index in [1.54, 1.807) is 17.7 Å². The van der Waals surface area contributed by atoms with Gasteiger partial charge in [0, 0.05) is 26.4 Å². The molecule has 1 aromatic heterocycles. The lowest BCUT2D eigenvalue weighted by Crippen LogP contribution is -2.26. The van der Waals surface area contributed by atoms with Gasteiger partial charge in [-0.25, -0.2) is 4.98 Å². The van der Waals surface area contributed by atoms with Crippen molar-refractivity contribution < 1.29 is 4.79 Å². The van der Waals surface area contributed by atoms with E-state index in [0.29, 0.717) is 36.1 Å². The van der Waals surface area contributed by atoms with Crippen molar-refractivity contribution in [1.29, 1.82) is 0 Å². The van der Waals surface area contributed by atoms with Gasteiger partial charge in [0.25, 0.3) is 5.56 Å². The first-order valence-corrected chi connectivity index (χ1v) is 9.15. The van der Waals surface area contributed by atoms with E-state index >= 15 is 0 Å². The van der Waals surface area contributed by atoms with Crippen molar-refractivity contribution in [2.75, 3.05) is 0 Å². The molecule has 0 aliphatic rings. The number of hydrogen-bond donors (Lipinski definition) is 1. The third-order valence-corrected chi connectivity index (χ3v) is 5.04. The zero-order valence-corrected chi connectivity index (χ0v) is 16.3. The van der Waals surface area contributed by atoms with Crippen LogP contribution < -0.4 is 10.9 Å². The topological polar surface area (TPSA) is 64.0 Å². The highest BCUT2D eigenvalue weighted by molar-refractivity contribution is 5.81. The van der Waals surface area contributed by atoms with Gasteiger partial charge in [-0.3, -0.25) is 14.2 Å². The lowest BCUT2D eigenvalue weighted by Gasteiger charge is -2.11. The maximum absolute atomic E-state index is 12.5. The molecule has 0 bridgehead atoms. The van der Waals surface area contributed by atoms with Crippen molar-refractivity contribution in [3.05, 3.63) is 74.8 Å². The molecule has 1 amide bonds. The first-order chi connectivity index (χ1) is 12.9. The Morgan fingerprint density at radius 1 is 1.07 bits per heavy atom. The van der Waals surface area contributed by atoms with E-state index in [2.05, 4.69) is 36.3 Å². The molecule has 0 unspecified atom stereocenters. The molecule has 0 radical (unpaired) electrons. The average molecular weight is 363 g/mol. The molecule has 0 spiro atoms. The molecule has 5 nitrogen and oxygen atoms in total. The number of fused-ring (bicyclic) bond motifs is 1. The summed E-state index contributed by atoms with van der Waals surface area (Å²) in [5.41, 5.74) is 5.14. The van der Waals surface area contributed by atoms with Crippen LogP contribution in [-0.2, 0) is 24.8 Å². The number of aryl methyl sites for hydroxylation is 4. The number of hydrogen-bond acceptors (Lipinski definition) is 3. The fourth-order valence-electron chi connectivity index (χ4n) is 3.13. The summed E-state index contributed by atoms with van der Waals surface area (Å²) in [5.74, 6) is 0.579. The molecule has 0 saturated carbocycles. The van der Waals surface area contributed by atoms with E-state index < -0.39 is 0 Å². The predicted molar refractivity (Wildman–Crippen MR) is 108 cm³/mol. The van der Waals surface area contributed by atoms with Gasteiger partial charge < -0.3 is 5.32 Å². The number of para-hydroxylation sites is 1.